The molecule has 1 aromatic carbocycles. The Labute approximate surface area is 107 Å². The molecule has 18 heavy (non-hydrogen) atoms. The van der Waals surface area contributed by atoms with Crippen molar-refractivity contribution in [1.29, 1.82) is 0 Å². The lowest BCUT2D eigenvalue weighted by atomic mass is 10.0. The highest BCUT2D eigenvalue weighted by Crippen LogP contribution is 2.25. The average Bonchev–Trinajstić information content (AvgIpc) is 2.27. The van der Waals surface area contributed by atoms with E-state index in [4.69, 9.17) is 0 Å². The largest absolute Gasteiger partial charge is 0.389 e. The van der Waals surface area contributed by atoms with E-state index in [2.05, 4.69) is 0 Å². The van der Waals surface area contributed by atoms with E-state index in [1.807, 2.05) is 18.7 Å². The van der Waals surface area contributed by atoms with Crippen molar-refractivity contribution in [2.24, 2.45) is 0 Å². The molecular weight excluding hydrogens is 236 g/mol. The molecule has 0 heterocycles. The van der Waals surface area contributed by atoms with Crippen LogP contribution in [0.4, 0.5) is 8.78 Å². The van der Waals surface area contributed by atoms with Gasteiger partial charge in [0.1, 0.15) is 11.6 Å². The van der Waals surface area contributed by atoms with Gasteiger partial charge >= 0.3 is 0 Å². The van der Waals surface area contributed by atoms with Crippen LogP contribution in [-0.2, 0) is 0 Å². The molecule has 1 atom stereocenters. The van der Waals surface area contributed by atoms with Gasteiger partial charge in [-0.25, -0.2) is 8.78 Å². The molecule has 1 N–H and O–H groups in total. The monoisotopic (exact) mass is 257 g/mol. The number of halogens is 2. The maximum atomic E-state index is 13.7. The fourth-order valence-corrected chi connectivity index (χ4v) is 2.05. The molecule has 1 aromatic rings. The van der Waals surface area contributed by atoms with Crippen LogP contribution in [0.15, 0.2) is 18.2 Å². The normalized spacial score (nSPS) is 14.0. The Kier molecular flexibility index (Phi) is 4.82. The van der Waals surface area contributed by atoms with Crippen molar-refractivity contribution < 1.29 is 13.9 Å². The molecule has 1 rings (SSSR count). The summed E-state index contributed by atoms with van der Waals surface area (Å²) in [5, 5.41) is 9.83. The number of benzene rings is 1. The van der Waals surface area contributed by atoms with E-state index in [9.17, 15) is 13.9 Å². The third kappa shape index (κ3) is 4.03. The quantitative estimate of drug-likeness (QED) is 0.876. The highest BCUT2D eigenvalue weighted by atomic mass is 19.1. The summed E-state index contributed by atoms with van der Waals surface area (Å²) in [6, 6.07) is 3.18. The zero-order chi connectivity index (χ0) is 13.9. The second-order valence-electron chi connectivity index (χ2n) is 5.22. The number of hydrogen-bond donors (Lipinski definition) is 1. The molecule has 0 aliphatic rings. The smallest absolute Gasteiger partial charge is 0.128 e. The second-order valence-corrected chi connectivity index (χ2v) is 5.22. The summed E-state index contributed by atoms with van der Waals surface area (Å²) in [6.45, 7) is 8.20. The molecule has 0 radical (unpaired) electrons. The summed E-state index contributed by atoms with van der Waals surface area (Å²) < 4.78 is 26.9. The molecule has 0 spiro atoms. The predicted molar refractivity (Wildman–Crippen MR) is 68.3 cm³/mol. The van der Waals surface area contributed by atoms with Crippen molar-refractivity contribution in [3.63, 3.8) is 0 Å². The topological polar surface area (TPSA) is 23.5 Å². The number of hydrogen-bond acceptors (Lipinski definition) is 2. The van der Waals surface area contributed by atoms with Gasteiger partial charge in [-0.2, -0.15) is 0 Å². The summed E-state index contributed by atoms with van der Waals surface area (Å²) in [4.78, 5) is 1.91. The molecule has 2 nitrogen and oxygen atoms in total. The molecule has 102 valence electrons. The van der Waals surface area contributed by atoms with Gasteiger partial charge in [0.15, 0.2) is 0 Å². The van der Waals surface area contributed by atoms with Crippen LogP contribution in [-0.4, -0.2) is 28.7 Å². The Morgan fingerprint density at radius 3 is 2.44 bits per heavy atom. The lowest BCUT2D eigenvalue weighted by molar-refractivity contribution is 0.0244. The Morgan fingerprint density at radius 2 is 1.94 bits per heavy atom. The SMILES string of the molecule is CCN(CC(C)(C)O)C(C)c1cc(F)ccc1F. The molecule has 4 heteroatoms. The zero-order valence-electron chi connectivity index (χ0n) is 11.4. The maximum absolute atomic E-state index is 13.7. The Bertz CT molecular complexity index is 401. The fraction of sp³-hybridized carbons (Fsp3) is 0.571. The van der Waals surface area contributed by atoms with E-state index < -0.39 is 17.2 Å². The first-order chi connectivity index (χ1) is 8.24. The average molecular weight is 257 g/mol. The van der Waals surface area contributed by atoms with Crippen molar-refractivity contribution in [3.8, 4) is 0 Å². The minimum absolute atomic E-state index is 0.280. The van der Waals surface area contributed by atoms with Crippen molar-refractivity contribution in [1.82, 2.24) is 4.90 Å². The number of aliphatic hydroxyl groups is 1. The molecule has 0 bridgehead atoms. The molecule has 0 aliphatic carbocycles. The van der Waals surface area contributed by atoms with Gasteiger partial charge in [0, 0.05) is 18.2 Å². The van der Waals surface area contributed by atoms with Gasteiger partial charge in [-0.3, -0.25) is 4.90 Å². The van der Waals surface area contributed by atoms with Crippen LogP contribution in [0.5, 0.6) is 0 Å². The van der Waals surface area contributed by atoms with Crippen LogP contribution >= 0.6 is 0 Å². The van der Waals surface area contributed by atoms with E-state index in [-0.39, 0.29) is 6.04 Å². The zero-order valence-corrected chi connectivity index (χ0v) is 11.4. The Hall–Kier alpha value is -1.00. The summed E-state index contributed by atoms with van der Waals surface area (Å²) in [7, 11) is 0. The number of likely N-dealkylation sites (N-methyl/N-ethyl adjacent to an activating group) is 1. The van der Waals surface area contributed by atoms with Crippen molar-refractivity contribution >= 4 is 0 Å². The van der Waals surface area contributed by atoms with Gasteiger partial charge in [-0.05, 0) is 45.5 Å². The van der Waals surface area contributed by atoms with Crippen molar-refractivity contribution in [3.05, 3.63) is 35.4 Å². The molecular formula is C14H21F2NO. The second kappa shape index (κ2) is 5.76. The minimum Gasteiger partial charge on any atom is -0.389 e. The molecule has 0 aromatic heterocycles. The van der Waals surface area contributed by atoms with E-state index >= 15 is 0 Å². The van der Waals surface area contributed by atoms with Gasteiger partial charge < -0.3 is 5.11 Å². The van der Waals surface area contributed by atoms with E-state index in [1.165, 1.54) is 6.07 Å². The van der Waals surface area contributed by atoms with Crippen LogP contribution in [0.25, 0.3) is 0 Å². The van der Waals surface area contributed by atoms with Crippen LogP contribution in [0.1, 0.15) is 39.3 Å². The van der Waals surface area contributed by atoms with Crippen LogP contribution in [0, 0.1) is 11.6 Å². The molecule has 0 aliphatic heterocycles. The Balaban J connectivity index is 2.96. The summed E-state index contributed by atoms with van der Waals surface area (Å²) in [5.74, 6) is -0.865. The first kappa shape index (κ1) is 15.1. The standard InChI is InChI=1S/C14H21F2NO/c1-5-17(9-14(3,4)18)10(2)12-8-11(15)6-7-13(12)16/h6-8,10,18H,5,9H2,1-4H3. The molecule has 0 fully saturated rings. The lowest BCUT2D eigenvalue weighted by Crippen LogP contribution is -2.40. The van der Waals surface area contributed by atoms with Crippen molar-refractivity contribution in [2.75, 3.05) is 13.1 Å². The minimum atomic E-state index is -0.867. The summed E-state index contributed by atoms with van der Waals surface area (Å²) >= 11 is 0. The highest BCUT2D eigenvalue weighted by Gasteiger charge is 2.24. The van der Waals surface area contributed by atoms with Gasteiger partial charge in [0.25, 0.3) is 0 Å². The van der Waals surface area contributed by atoms with Crippen LogP contribution in [0.2, 0.25) is 0 Å². The van der Waals surface area contributed by atoms with Crippen LogP contribution in [0.3, 0.4) is 0 Å². The van der Waals surface area contributed by atoms with Crippen molar-refractivity contribution in [2.45, 2.75) is 39.3 Å². The lowest BCUT2D eigenvalue weighted by Gasteiger charge is -2.33. The third-order valence-corrected chi connectivity index (χ3v) is 2.95. The summed E-state index contributed by atoms with van der Waals surface area (Å²) in [5.41, 5.74) is -0.547. The number of nitrogens with zero attached hydrogens (tertiary/aromatic N) is 1. The maximum Gasteiger partial charge on any atom is 0.128 e. The molecule has 0 saturated carbocycles. The third-order valence-electron chi connectivity index (χ3n) is 2.95. The Morgan fingerprint density at radius 1 is 1.33 bits per heavy atom. The van der Waals surface area contributed by atoms with Gasteiger partial charge in [0.05, 0.1) is 5.60 Å². The van der Waals surface area contributed by atoms with E-state index in [0.717, 1.165) is 12.1 Å². The van der Waals surface area contributed by atoms with Gasteiger partial charge in [-0.15, -0.1) is 0 Å². The van der Waals surface area contributed by atoms with Crippen LogP contribution < -0.4 is 0 Å². The first-order valence-electron chi connectivity index (χ1n) is 6.16. The predicted octanol–water partition coefficient (Wildman–Crippen LogP) is 3.12. The van der Waals surface area contributed by atoms with E-state index in [0.29, 0.717) is 18.7 Å². The molecule has 1 unspecified atom stereocenters. The number of rotatable bonds is 5. The van der Waals surface area contributed by atoms with Gasteiger partial charge in [-0.1, -0.05) is 6.92 Å². The summed E-state index contributed by atoms with van der Waals surface area (Å²) in [6.07, 6.45) is 0. The first-order valence-corrected chi connectivity index (χ1v) is 6.16. The molecule has 0 amide bonds. The highest BCUT2D eigenvalue weighted by molar-refractivity contribution is 5.22. The fourth-order valence-electron chi connectivity index (χ4n) is 2.05. The van der Waals surface area contributed by atoms with Gasteiger partial charge in [0.2, 0.25) is 0 Å². The van der Waals surface area contributed by atoms with E-state index in [1.54, 1.807) is 13.8 Å². The molecule has 0 saturated heterocycles.